The highest BCUT2D eigenvalue weighted by Crippen LogP contribution is 2.39. The molecule has 0 radical (unpaired) electrons. The maximum atomic E-state index is 14.3. The highest BCUT2D eigenvalue weighted by atomic mass is 19.1. The topological polar surface area (TPSA) is 120 Å². The van der Waals surface area contributed by atoms with E-state index in [2.05, 4.69) is 20.4 Å². The molecule has 0 saturated carbocycles. The van der Waals surface area contributed by atoms with Crippen LogP contribution in [0.3, 0.4) is 0 Å². The summed E-state index contributed by atoms with van der Waals surface area (Å²) >= 11 is 0. The lowest BCUT2D eigenvalue weighted by atomic mass is 10.1. The average Bonchev–Trinajstić information content (AvgIpc) is 3.49. The molecular formula is C26H33FN6O5. The van der Waals surface area contributed by atoms with E-state index >= 15 is 0 Å². The molecule has 1 aliphatic rings. The molecule has 0 aliphatic carbocycles. The predicted octanol–water partition coefficient (Wildman–Crippen LogP) is 4.07. The lowest BCUT2D eigenvalue weighted by Crippen LogP contribution is -2.40. The summed E-state index contributed by atoms with van der Waals surface area (Å²) in [6.07, 6.45) is 3.55. The molecule has 0 unspecified atom stereocenters. The number of nitrogens with zero attached hydrogens (tertiary/aromatic N) is 5. The van der Waals surface area contributed by atoms with Gasteiger partial charge in [0.25, 0.3) is 0 Å². The number of ether oxygens (including phenoxy) is 3. The van der Waals surface area contributed by atoms with E-state index in [1.165, 1.54) is 16.8 Å². The monoisotopic (exact) mass is 528 g/mol. The Morgan fingerprint density at radius 1 is 1.24 bits per heavy atom. The van der Waals surface area contributed by atoms with Crippen LogP contribution in [0.2, 0.25) is 0 Å². The molecule has 0 bridgehead atoms. The Morgan fingerprint density at radius 2 is 2.03 bits per heavy atom. The molecule has 3 aromatic rings. The molecule has 11 nitrogen and oxygen atoms in total. The summed E-state index contributed by atoms with van der Waals surface area (Å²) in [6, 6.07) is 4.36. The Morgan fingerprint density at radius 3 is 2.76 bits per heavy atom. The highest BCUT2D eigenvalue weighted by Gasteiger charge is 2.31. The van der Waals surface area contributed by atoms with E-state index in [0.29, 0.717) is 23.6 Å². The van der Waals surface area contributed by atoms with Crippen LogP contribution in [0, 0.1) is 5.82 Å². The van der Waals surface area contributed by atoms with E-state index in [1.807, 2.05) is 11.0 Å². The Balaban J connectivity index is 1.54. The molecule has 1 aliphatic heterocycles. The summed E-state index contributed by atoms with van der Waals surface area (Å²) in [7, 11) is 0. The SMILES string of the molecule is CCOC(=O)c1cnc2ccc(N3CCC[C@@H]3c3cc(F)cnc3OC[C@@H](C)NC(=O)OC(C)(C)C)nn12. The second-order valence-corrected chi connectivity index (χ2v) is 10.1. The van der Waals surface area contributed by atoms with E-state index in [4.69, 9.17) is 14.2 Å². The molecule has 4 heterocycles. The van der Waals surface area contributed by atoms with Gasteiger partial charge in [-0.3, -0.25) is 0 Å². The number of carbonyl (C=O) groups excluding carboxylic acids is 2. The molecule has 204 valence electrons. The number of rotatable bonds is 8. The molecular weight excluding hydrogens is 495 g/mol. The number of hydrogen-bond acceptors (Lipinski definition) is 9. The first-order valence-electron chi connectivity index (χ1n) is 12.6. The fourth-order valence-electron chi connectivity index (χ4n) is 4.28. The number of imidazole rings is 1. The van der Waals surface area contributed by atoms with Gasteiger partial charge in [0.2, 0.25) is 5.88 Å². The molecule has 12 heteroatoms. The van der Waals surface area contributed by atoms with Crippen LogP contribution in [0.25, 0.3) is 5.65 Å². The van der Waals surface area contributed by atoms with Crippen LogP contribution in [0.1, 0.15) is 69.6 Å². The lowest BCUT2D eigenvalue weighted by molar-refractivity contribution is 0.0489. The first-order chi connectivity index (χ1) is 18.1. The Hall–Kier alpha value is -3.96. The second-order valence-electron chi connectivity index (χ2n) is 10.1. The van der Waals surface area contributed by atoms with Crippen LogP contribution >= 0.6 is 0 Å². The first-order valence-corrected chi connectivity index (χ1v) is 12.6. The molecule has 1 fully saturated rings. The maximum Gasteiger partial charge on any atom is 0.407 e. The molecule has 38 heavy (non-hydrogen) atoms. The minimum absolute atomic E-state index is 0.111. The van der Waals surface area contributed by atoms with Crippen molar-refractivity contribution in [1.29, 1.82) is 0 Å². The van der Waals surface area contributed by atoms with E-state index in [1.54, 1.807) is 40.7 Å². The third-order valence-electron chi connectivity index (χ3n) is 5.82. The third kappa shape index (κ3) is 6.29. The summed E-state index contributed by atoms with van der Waals surface area (Å²) in [5, 5.41) is 7.37. The first kappa shape index (κ1) is 27.1. The number of nitrogens with one attached hydrogen (secondary N) is 1. The fourth-order valence-corrected chi connectivity index (χ4v) is 4.28. The Kier molecular flexibility index (Phi) is 7.98. The van der Waals surface area contributed by atoms with E-state index in [9.17, 15) is 14.0 Å². The number of aromatic nitrogens is 4. The van der Waals surface area contributed by atoms with E-state index in [0.717, 1.165) is 19.0 Å². The number of amides is 1. The zero-order valence-corrected chi connectivity index (χ0v) is 22.2. The highest BCUT2D eigenvalue weighted by molar-refractivity contribution is 5.88. The standard InChI is InChI=1S/C26H33FN6O5/c1-6-36-24(34)20-14-28-21-9-10-22(31-33(20)21)32-11-7-8-19(32)18-12-17(27)13-29-23(18)37-15-16(2)30-25(35)38-26(3,4)5/h9-10,12-14,16,19H,6-8,11,15H2,1-5H3,(H,30,35)/t16-,19-/m1/s1. The Bertz CT molecular complexity index is 1310. The van der Waals surface area contributed by atoms with E-state index in [-0.39, 0.29) is 36.9 Å². The minimum atomic E-state index is -0.618. The number of pyridine rings is 1. The van der Waals surface area contributed by atoms with Gasteiger partial charge >= 0.3 is 12.1 Å². The van der Waals surface area contributed by atoms with Gasteiger partial charge in [0.15, 0.2) is 11.3 Å². The van der Waals surface area contributed by atoms with Crippen molar-refractivity contribution >= 4 is 23.5 Å². The molecule has 0 spiro atoms. The minimum Gasteiger partial charge on any atom is -0.475 e. The number of fused-ring (bicyclic) bond motifs is 1. The molecule has 1 saturated heterocycles. The predicted molar refractivity (Wildman–Crippen MR) is 137 cm³/mol. The van der Waals surface area contributed by atoms with Crippen molar-refractivity contribution in [3.8, 4) is 5.88 Å². The summed E-state index contributed by atoms with van der Waals surface area (Å²) in [6.45, 7) is 9.88. The van der Waals surface area contributed by atoms with Gasteiger partial charge in [-0.1, -0.05) is 0 Å². The number of halogens is 1. The third-order valence-corrected chi connectivity index (χ3v) is 5.82. The van der Waals surface area contributed by atoms with Gasteiger partial charge in [-0.15, -0.1) is 5.10 Å². The molecule has 3 aromatic heterocycles. The molecule has 1 amide bonds. The Labute approximate surface area is 220 Å². The van der Waals surface area contributed by atoms with E-state index < -0.39 is 23.5 Å². The van der Waals surface area contributed by atoms with Crippen LogP contribution in [0.5, 0.6) is 5.88 Å². The quantitative estimate of drug-likeness (QED) is 0.431. The normalized spacial score (nSPS) is 16.4. The molecule has 4 rings (SSSR count). The van der Waals surface area contributed by atoms with Crippen molar-refractivity contribution in [3.05, 3.63) is 47.7 Å². The van der Waals surface area contributed by atoms with Crippen molar-refractivity contribution in [2.75, 3.05) is 24.7 Å². The van der Waals surface area contributed by atoms with Crippen molar-refractivity contribution in [1.82, 2.24) is 24.9 Å². The smallest absolute Gasteiger partial charge is 0.407 e. The maximum absolute atomic E-state index is 14.3. The zero-order valence-electron chi connectivity index (χ0n) is 22.2. The molecule has 0 aromatic carbocycles. The van der Waals surface area contributed by atoms with Crippen molar-refractivity contribution in [3.63, 3.8) is 0 Å². The van der Waals surface area contributed by atoms with Crippen LogP contribution in [0.4, 0.5) is 15.0 Å². The van der Waals surface area contributed by atoms with Crippen LogP contribution in [-0.4, -0.2) is 63.0 Å². The number of alkyl carbamates (subject to hydrolysis) is 1. The molecule has 1 N–H and O–H groups in total. The summed E-state index contributed by atoms with van der Waals surface area (Å²) < 4.78 is 32.2. The van der Waals surface area contributed by atoms with Gasteiger partial charge in [-0.25, -0.2) is 28.5 Å². The summed E-state index contributed by atoms with van der Waals surface area (Å²) in [4.78, 5) is 34.9. The van der Waals surface area contributed by atoms with Crippen LogP contribution < -0.4 is 15.0 Å². The van der Waals surface area contributed by atoms with Crippen molar-refractivity contribution < 1.29 is 28.2 Å². The fraction of sp³-hybridized carbons (Fsp3) is 0.500. The van der Waals surface area contributed by atoms with Gasteiger partial charge in [0.05, 0.1) is 31.1 Å². The van der Waals surface area contributed by atoms with Crippen LogP contribution in [0.15, 0.2) is 30.6 Å². The number of anilines is 1. The average molecular weight is 529 g/mol. The van der Waals surface area contributed by atoms with Gasteiger partial charge in [0, 0.05) is 12.1 Å². The second kappa shape index (κ2) is 11.2. The lowest BCUT2D eigenvalue weighted by Gasteiger charge is -2.27. The van der Waals surface area contributed by atoms with Crippen LogP contribution in [-0.2, 0) is 9.47 Å². The largest absolute Gasteiger partial charge is 0.475 e. The number of carbonyl (C=O) groups is 2. The number of hydrogen-bond donors (Lipinski definition) is 1. The molecule has 2 atom stereocenters. The van der Waals surface area contributed by atoms with Gasteiger partial charge in [0.1, 0.15) is 23.8 Å². The van der Waals surface area contributed by atoms with Gasteiger partial charge in [-0.05, 0) is 65.7 Å². The summed E-state index contributed by atoms with van der Waals surface area (Å²) in [5.74, 6) is -0.126. The van der Waals surface area contributed by atoms with Crippen molar-refractivity contribution in [2.24, 2.45) is 0 Å². The summed E-state index contributed by atoms with van der Waals surface area (Å²) in [5.41, 5.74) is 0.690. The zero-order chi connectivity index (χ0) is 27.4. The number of esters is 1. The van der Waals surface area contributed by atoms with Gasteiger partial charge in [-0.2, -0.15) is 0 Å². The van der Waals surface area contributed by atoms with Gasteiger partial charge < -0.3 is 24.4 Å². The van der Waals surface area contributed by atoms with Crippen molar-refractivity contribution in [2.45, 2.75) is 65.1 Å².